The zero-order valence-corrected chi connectivity index (χ0v) is 16.8. The predicted molar refractivity (Wildman–Crippen MR) is 108 cm³/mol. The molecule has 1 fully saturated rings. The maximum Gasteiger partial charge on any atom is 0.331 e. The number of carbonyl (C=O) groups is 2. The van der Waals surface area contributed by atoms with Crippen LogP contribution in [0.25, 0.3) is 6.08 Å². The summed E-state index contributed by atoms with van der Waals surface area (Å²) in [6.07, 6.45) is 5.99. The largest absolute Gasteiger partial charge is 0.467 e. The van der Waals surface area contributed by atoms with E-state index in [1.165, 1.54) is 13.2 Å². The number of ether oxygens (including phenoxy) is 1. The Hall–Kier alpha value is -2.60. The summed E-state index contributed by atoms with van der Waals surface area (Å²) in [6, 6.07) is 9.89. The topological polar surface area (TPSA) is 73.2 Å². The summed E-state index contributed by atoms with van der Waals surface area (Å²) in [5, 5.41) is 7.76. The van der Waals surface area contributed by atoms with Crippen LogP contribution in [-0.4, -0.2) is 34.3 Å². The molecule has 0 unspecified atom stereocenters. The first kappa shape index (κ1) is 20.1. The summed E-state index contributed by atoms with van der Waals surface area (Å²) in [5.74, 6) is -0.741. The molecule has 1 aliphatic rings. The van der Waals surface area contributed by atoms with E-state index < -0.39 is 11.5 Å². The highest BCUT2D eigenvalue weighted by Gasteiger charge is 2.43. The Kier molecular flexibility index (Phi) is 6.19. The van der Waals surface area contributed by atoms with Crippen molar-refractivity contribution in [1.82, 2.24) is 15.1 Å². The number of nitrogens with one attached hydrogen (secondary N) is 1. The van der Waals surface area contributed by atoms with Crippen molar-refractivity contribution in [2.75, 3.05) is 7.11 Å². The predicted octanol–water partition coefficient (Wildman–Crippen LogP) is 3.51. The van der Waals surface area contributed by atoms with Crippen LogP contribution in [0.5, 0.6) is 0 Å². The molecule has 0 bridgehead atoms. The van der Waals surface area contributed by atoms with Crippen LogP contribution in [0.3, 0.4) is 0 Å². The molecular weight excluding hydrogens is 378 g/mol. The van der Waals surface area contributed by atoms with Gasteiger partial charge in [0, 0.05) is 11.6 Å². The summed E-state index contributed by atoms with van der Waals surface area (Å²) < 4.78 is 6.59. The van der Waals surface area contributed by atoms with Gasteiger partial charge < -0.3 is 10.1 Å². The molecule has 1 saturated carbocycles. The molecule has 1 aliphatic carbocycles. The fourth-order valence-corrected chi connectivity index (χ4v) is 3.91. The van der Waals surface area contributed by atoms with Crippen molar-refractivity contribution in [3.05, 3.63) is 58.4 Å². The lowest BCUT2D eigenvalue weighted by atomic mass is 9.97. The Morgan fingerprint density at radius 3 is 2.61 bits per heavy atom. The van der Waals surface area contributed by atoms with Gasteiger partial charge in [0.15, 0.2) is 0 Å². The minimum atomic E-state index is -0.924. The zero-order valence-electron chi connectivity index (χ0n) is 16.1. The molecular formula is C21H24ClN3O3. The van der Waals surface area contributed by atoms with Gasteiger partial charge in [0.1, 0.15) is 10.7 Å². The third-order valence-electron chi connectivity index (χ3n) is 5.08. The summed E-state index contributed by atoms with van der Waals surface area (Å²) in [7, 11) is 1.34. The number of hydrogen-bond acceptors (Lipinski definition) is 4. The number of esters is 1. The molecule has 0 atom stereocenters. The molecule has 7 heteroatoms. The molecule has 1 aromatic carbocycles. The van der Waals surface area contributed by atoms with Crippen molar-refractivity contribution < 1.29 is 14.3 Å². The molecule has 2 aromatic rings. The first-order chi connectivity index (χ1) is 13.4. The van der Waals surface area contributed by atoms with E-state index in [2.05, 4.69) is 10.4 Å². The van der Waals surface area contributed by atoms with Gasteiger partial charge in [-0.05, 0) is 31.4 Å². The van der Waals surface area contributed by atoms with Gasteiger partial charge in [-0.25, -0.2) is 9.48 Å². The maximum absolute atomic E-state index is 12.4. The van der Waals surface area contributed by atoms with Gasteiger partial charge in [0.2, 0.25) is 5.91 Å². The molecule has 0 aliphatic heterocycles. The van der Waals surface area contributed by atoms with E-state index in [1.54, 1.807) is 10.8 Å². The van der Waals surface area contributed by atoms with Crippen LogP contribution in [0.15, 0.2) is 36.4 Å². The number of aromatic nitrogens is 2. The van der Waals surface area contributed by atoms with E-state index in [0.29, 0.717) is 30.1 Å². The SMILES string of the molecule is COC(=O)C1(NC(=O)/C=C/c2c(C)nn(Cc3ccccc3)c2Cl)CCCC1. The van der Waals surface area contributed by atoms with Gasteiger partial charge in [-0.15, -0.1) is 0 Å². The number of hydrogen-bond donors (Lipinski definition) is 1. The van der Waals surface area contributed by atoms with Crippen LogP contribution < -0.4 is 5.32 Å². The zero-order chi connectivity index (χ0) is 20.1. The van der Waals surface area contributed by atoms with Gasteiger partial charge in [-0.2, -0.15) is 5.10 Å². The van der Waals surface area contributed by atoms with E-state index >= 15 is 0 Å². The normalized spacial score (nSPS) is 15.7. The van der Waals surface area contributed by atoms with E-state index in [-0.39, 0.29) is 5.91 Å². The molecule has 1 heterocycles. The first-order valence-corrected chi connectivity index (χ1v) is 9.68. The van der Waals surface area contributed by atoms with Crippen molar-refractivity contribution in [2.45, 2.75) is 44.7 Å². The second-order valence-corrected chi connectivity index (χ2v) is 7.39. The highest BCUT2D eigenvalue weighted by atomic mass is 35.5. The van der Waals surface area contributed by atoms with Crippen LogP contribution in [0.4, 0.5) is 0 Å². The van der Waals surface area contributed by atoms with E-state index in [1.807, 2.05) is 37.3 Å². The molecule has 148 valence electrons. The molecule has 3 rings (SSSR count). The molecule has 0 spiro atoms. The van der Waals surface area contributed by atoms with Gasteiger partial charge in [0.25, 0.3) is 0 Å². The average molecular weight is 402 g/mol. The summed E-state index contributed by atoms with van der Waals surface area (Å²) in [6.45, 7) is 2.39. The quantitative estimate of drug-likeness (QED) is 0.593. The van der Waals surface area contributed by atoms with E-state index in [4.69, 9.17) is 16.3 Å². The Labute approximate surface area is 169 Å². The third kappa shape index (κ3) is 4.28. The lowest BCUT2D eigenvalue weighted by molar-refractivity contribution is -0.150. The lowest BCUT2D eigenvalue weighted by Gasteiger charge is -2.26. The molecule has 0 saturated heterocycles. The Morgan fingerprint density at radius 2 is 1.96 bits per heavy atom. The van der Waals surface area contributed by atoms with Crippen LogP contribution in [-0.2, 0) is 20.9 Å². The van der Waals surface area contributed by atoms with Crippen molar-refractivity contribution in [3.8, 4) is 0 Å². The Balaban J connectivity index is 1.73. The number of nitrogens with zero attached hydrogens (tertiary/aromatic N) is 2. The summed E-state index contributed by atoms with van der Waals surface area (Å²) >= 11 is 6.48. The van der Waals surface area contributed by atoms with Gasteiger partial charge in [0.05, 0.1) is 19.3 Å². The number of benzene rings is 1. The standard InChI is InChI=1S/C21H24ClN3O3/c1-15-17(19(22)25(24-15)14-16-8-4-3-5-9-16)10-11-18(26)23-21(20(27)28-2)12-6-7-13-21/h3-5,8-11H,6-7,12-14H2,1-2H3,(H,23,26)/b11-10+. The highest BCUT2D eigenvalue weighted by molar-refractivity contribution is 6.31. The lowest BCUT2D eigenvalue weighted by Crippen LogP contribution is -2.52. The number of amides is 1. The molecule has 1 aromatic heterocycles. The van der Waals surface area contributed by atoms with Gasteiger partial charge >= 0.3 is 5.97 Å². The highest BCUT2D eigenvalue weighted by Crippen LogP contribution is 2.31. The second kappa shape index (κ2) is 8.61. The molecule has 0 radical (unpaired) electrons. The van der Waals surface area contributed by atoms with Crippen molar-refractivity contribution in [2.24, 2.45) is 0 Å². The van der Waals surface area contributed by atoms with Crippen molar-refractivity contribution in [1.29, 1.82) is 0 Å². The van der Waals surface area contributed by atoms with Crippen LogP contribution >= 0.6 is 11.6 Å². The summed E-state index contributed by atoms with van der Waals surface area (Å²) in [5.41, 5.74) is 1.58. The minimum Gasteiger partial charge on any atom is -0.467 e. The van der Waals surface area contributed by atoms with E-state index in [9.17, 15) is 9.59 Å². The Morgan fingerprint density at radius 1 is 1.29 bits per heavy atom. The van der Waals surface area contributed by atoms with E-state index in [0.717, 1.165) is 24.1 Å². The molecule has 1 N–H and O–H groups in total. The second-order valence-electron chi connectivity index (χ2n) is 7.04. The number of carbonyl (C=O) groups excluding carboxylic acids is 2. The number of aryl methyl sites for hydroxylation is 1. The fourth-order valence-electron chi connectivity index (χ4n) is 3.61. The number of rotatable bonds is 6. The third-order valence-corrected chi connectivity index (χ3v) is 5.48. The van der Waals surface area contributed by atoms with Crippen LogP contribution in [0.2, 0.25) is 5.15 Å². The average Bonchev–Trinajstić information content (AvgIpc) is 3.26. The fraction of sp³-hybridized carbons (Fsp3) is 0.381. The van der Waals surface area contributed by atoms with Crippen LogP contribution in [0.1, 0.15) is 42.5 Å². The van der Waals surface area contributed by atoms with Gasteiger partial charge in [-0.1, -0.05) is 54.8 Å². The smallest absolute Gasteiger partial charge is 0.331 e. The monoisotopic (exact) mass is 401 g/mol. The first-order valence-electron chi connectivity index (χ1n) is 9.31. The molecule has 6 nitrogen and oxygen atoms in total. The van der Waals surface area contributed by atoms with Crippen molar-refractivity contribution in [3.63, 3.8) is 0 Å². The van der Waals surface area contributed by atoms with Crippen molar-refractivity contribution >= 4 is 29.6 Å². The van der Waals surface area contributed by atoms with Crippen LogP contribution in [0, 0.1) is 6.92 Å². The summed E-state index contributed by atoms with van der Waals surface area (Å²) in [4.78, 5) is 24.6. The molecule has 28 heavy (non-hydrogen) atoms. The number of halogens is 1. The Bertz CT molecular complexity index is 884. The van der Waals surface area contributed by atoms with Gasteiger partial charge in [-0.3, -0.25) is 4.79 Å². The maximum atomic E-state index is 12.4. The minimum absolute atomic E-state index is 0.349. The number of methoxy groups -OCH3 is 1. The molecule has 1 amide bonds.